The van der Waals surface area contributed by atoms with Crippen LogP contribution >= 0.6 is 0 Å². The fourth-order valence-electron chi connectivity index (χ4n) is 1.76. The Balaban J connectivity index is 2.32. The SMILES string of the molecule is CCCNC(=O)c1cc2cccc(C)c2[nH]1. The number of benzene rings is 1. The van der Waals surface area contributed by atoms with Crippen LogP contribution in [0.3, 0.4) is 0 Å². The van der Waals surface area contributed by atoms with E-state index in [1.54, 1.807) is 0 Å². The van der Waals surface area contributed by atoms with Gasteiger partial charge in [-0.3, -0.25) is 4.79 Å². The summed E-state index contributed by atoms with van der Waals surface area (Å²) in [5.41, 5.74) is 2.84. The molecule has 0 unspecified atom stereocenters. The first-order valence-electron chi connectivity index (χ1n) is 5.59. The third-order valence-corrected chi connectivity index (χ3v) is 2.64. The van der Waals surface area contributed by atoms with Crippen molar-refractivity contribution in [3.8, 4) is 0 Å². The monoisotopic (exact) mass is 216 g/mol. The predicted molar refractivity (Wildman–Crippen MR) is 65.7 cm³/mol. The second kappa shape index (κ2) is 4.39. The number of amides is 1. The van der Waals surface area contributed by atoms with Crippen LogP contribution in [-0.4, -0.2) is 17.4 Å². The fraction of sp³-hybridized carbons (Fsp3) is 0.308. The molecular weight excluding hydrogens is 200 g/mol. The highest BCUT2D eigenvalue weighted by molar-refractivity contribution is 5.98. The van der Waals surface area contributed by atoms with Gasteiger partial charge in [0.05, 0.1) is 0 Å². The van der Waals surface area contributed by atoms with Crippen molar-refractivity contribution < 1.29 is 4.79 Å². The van der Waals surface area contributed by atoms with Crippen LogP contribution in [0.1, 0.15) is 29.4 Å². The Hall–Kier alpha value is -1.77. The number of para-hydroxylation sites is 1. The van der Waals surface area contributed by atoms with E-state index in [2.05, 4.69) is 10.3 Å². The summed E-state index contributed by atoms with van der Waals surface area (Å²) in [5, 5.41) is 3.94. The Morgan fingerprint density at radius 2 is 2.25 bits per heavy atom. The van der Waals surface area contributed by atoms with Gasteiger partial charge in [0.25, 0.3) is 5.91 Å². The summed E-state index contributed by atoms with van der Waals surface area (Å²) in [4.78, 5) is 14.9. The van der Waals surface area contributed by atoms with Crippen molar-refractivity contribution in [3.05, 3.63) is 35.5 Å². The van der Waals surface area contributed by atoms with E-state index in [0.717, 1.165) is 22.9 Å². The molecule has 2 N–H and O–H groups in total. The molecule has 0 aliphatic rings. The summed E-state index contributed by atoms with van der Waals surface area (Å²) >= 11 is 0. The molecule has 1 aromatic heterocycles. The maximum atomic E-state index is 11.7. The van der Waals surface area contributed by atoms with Gasteiger partial charge in [-0.2, -0.15) is 0 Å². The molecular formula is C13H16N2O. The molecule has 0 atom stereocenters. The number of H-pyrrole nitrogens is 1. The molecule has 0 saturated carbocycles. The zero-order valence-corrected chi connectivity index (χ0v) is 9.63. The third-order valence-electron chi connectivity index (χ3n) is 2.64. The van der Waals surface area contributed by atoms with E-state index in [1.807, 2.05) is 38.1 Å². The van der Waals surface area contributed by atoms with E-state index in [-0.39, 0.29) is 5.91 Å². The van der Waals surface area contributed by atoms with Crippen LogP contribution in [0, 0.1) is 6.92 Å². The number of carbonyl (C=O) groups is 1. The number of hydrogen-bond acceptors (Lipinski definition) is 1. The molecule has 0 spiro atoms. The van der Waals surface area contributed by atoms with Crippen molar-refractivity contribution in [2.24, 2.45) is 0 Å². The number of aromatic amines is 1. The Kier molecular flexibility index (Phi) is 2.95. The molecule has 0 radical (unpaired) electrons. The van der Waals surface area contributed by atoms with Gasteiger partial charge in [0, 0.05) is 17.4 Å². The standard InChI is InChI=1S/C13H16N2O/c1-3-7-14-13(16)11-8-10-6-4-5-9(2)12(10)15-11/h4-6,8,15H,3,7H2,1-2H3,(H,14,16). The number of carbonyl (C=O) groups excluding carboxylic acids is 1. The Morgan fingerprint density at radius 1 is 1.44 bits per heavy atom. The molecule has 0 saturated heterocycles. The first-order valence-corrected chi connectivity index (χ1v) is 5.59. The van der Waals surface area contributed by atoms with E-state index < -0.39 is 0 Å². The number of nitrogens with one attached hydrogen (secondary N) is 2. The van der Waals surface area contributed by atoms with Crippen molar-refractivity contribution >= 4 is 16.8 Å². The molecule has 3 nitrogen and oxygen atoms in total. The molecule has 1 heterocycles. The Bertz CT molecular complexity index is 514. The average Bonchev–Trinajstić information content (AvgIpc) is 2.71. The lowest BCUT2D eigenvalue weighted by Crippen LogP contribution is -2.24. The van der Waals surface area contributed by atoms with E-state index in [1.165, 1.54) is 0 Å². The number of aromatic nitrogens is 1. The number of hydrogen-bond donors (Lipinski definition) is 2. The average molecular weight is 216 g/mol. The molecule has 1 aromatic carbocycles. The van der Waals surface area contributed by atoms with Gasteiger partial charge in [0.2, 0.25) is 0 Å². The highest BCUT2D eigenvalue weighted by atomic mass is 16.1. The highest BCUT2D eigenvalue weighted by Crippen LogP contribution is 2.18. The fourth-order valence-corrected chi connectivity index (χ4v) is 1.76. The molecule has 0 bridgehead atoms. The number of fused-ring (bicyclic) bond motifs is 1. The van der Waals surface area contributed by atoms with Crippen LogP contribution in [-0.2, 0) is 0 Å². The van der Waals surface area contributed by atoms with Crippen molar-refractivity contribution in [2.45, 2.75) is 20.3 Å². The van der Waals surface area contributed by atoms with Crippen LogP contribution in [0.4, 0.5) is 0 Å². The molecule has 16 heavy (non-hydrogen) atoms. The smallest absolute Gasteiger partial charge is 0.267 e. The molecule has 2 aromatic rings. The van der Waals surface area contributed by atoms with Crippen molar-refractivity contribution in [3.63, 3.8) is 0 Å². The molecule has 3 heteroatoms. The second-order valence-corrected chi connectivity index (χ2v) is 3.98. The Morgan fingerprint density at radius 3 is 2.94 bits per heavy atom. The third kappa shape index (κ3) is 1.94. The molecule has 1 amide bonds. The summed E-state index contributed by atoms with van der Waals surface area (Å²) in [6.45, 7) is 4.79. The highest BCUT2D eigenvalue weighted by Gasteiger charge is 2.09. The van der Waals surface area contributed by atoms with Gasteiger partial charge in [0.1, 0.15) is 5.69 Å². The van der Waals surface area contributed by atoms with Gasteiger partial charge in [-0.15, -0.1) is 0 Å². The first-order chi connectivity index (χ1) is 7.72. The van der Waals surface area contributed by atoms with Crippen LogP contribution in [0.15, 0.2) is 24.3 Å². The molecule has 0 aliphatic heterocycles. The van der Waals surface area contributed by atoms with Crippen molar-refractivity contribution in [1.82, 2.24) is 10.3 Å². The number of rotatable bonds is 3. The summed E-state index contributed by atoms with van der Waals surface area (Å²) in [6.07, 6.45) is 0.949. The van der Waals surface area contributed by atoms with Crippen LogP contribution in [0.5, 0.6) is 0 Å². The molecule has 84 valence electrons. The minimum atomic E-state index is -0.0301. The van der Waals surface area contributed by atoms with Gasteiger partial charge in [-0.05, 0) is 25.0 Å². The predicted octanol–water partition coefficient (Wildman–Crippen LogP) is 2.62. The second-order valence-electron chi connectivity index (χ2n) is 3.98. The van der Waals surface area contributed by atoms with E-state index in [9.17, 15) is 4.79 Å². The minimum absolute atomic E-state index is 0.0301. The van der Waals surface area contributed by atoms with Gasteiger partial charge < -0.3 is 10.3 Å². The maximum Gasteiger partial charge on any atom is 0.267 e. The summed E-state index contributed by atoms with van der Waals surface area (Å²) in [5.74, 6) is -0.0301. The van der Waals surface area contributed by atoms with E-state index in [0.29, 0.717) is 12.2 Å². The van der Waals surface area contributed by atoms with Crippen LogP contribution in [0.25, 0.3) is 10.9 Å². The Labute approximate surface area is 94.9 Å². The van der Waals surface area contributed by atoms with Crippen LogP contribution < -0.4 is 5.32 Å². The number of aryl methyl sites for hydroxylation is 1. The minimum Gasteiger partial charge on any atom is -0.351 e. The van der Waals surface area contributed by atoms with Gasteiger partial charge >= 0.3 is 0 Å². The maximum absolute atomic E-state index is 11.7. The largest absolute Gasteiger partial charge is 0.351 e. The summed E-state index contributed by atoms with van der Waals surface area (Å²) < 4.78 is 0. The quantitative estimate of drug-likeness (QED) is 0.813. The zero-order chi connectivity index (χ0) is 11.5. The lowest BCUT2D eigenvalue weighted by atomic mass is 10.2. The lowest BCUT2D eigenvalue weighted by molar-refractivity contribution is 0.0949. The van der Waals surface area contributed by atoms with Crippen molar-refractivity contribution in [2.75, 3.05) is 6.54 Å². The normalized spacial score (nSPS) is 10.6. The van der Waals surface area contributed by atoms with Crippen LogP contribution in [0.2, 0.25) is 0 Å². The van der Waals surface area contributed by atoms with E-state index in [4.69, 9.17) is 0 Å². The van der Waals surface area contributed by atoms with Gasteiger partial charge in [-0.25, -0.2) is 0 Å². The summed E-state index contributed by atoms with van der Waals surface area (Å²) in [6, 6.07) is 7.94. The molecule has 2 rings (SSSR count). The first kappa shape index (κ1) is 10.7. The van der Waals surface area contributed by atoms with Gasteiger partial charge in [0.15, 0.2) is 0 Å². The van der Waals surface area contributed by atoms with Gasteiger partial charge in [-0.1, -0.05) is 25.1 Å². The lowest BCUT2D eigenvalue weighted by Gasteiger charge is -1.99. The molecule has 0 fully saturated rings. The molecule has 0 aliphatic carbocycles. The van der Waals surface area contributed by atoms with E-state index >= 15 is 0 Å². The zero-order valence-electron chi connectivity index (χ0n) is 9.63. The topological polar surface area (TPSA) is 44.9 Å². The van der Waals surface area contributed by atoms with Crippen molar-refractivity contribution in [1.29, 1.82) is 0 Å². The summed E-state index contributed by atoms with van der Waals surface area (Å²) in [7, 11) is 0.